The van der Waals surface area contributed by atoms with Crippen molar-refractivity contribution in [1.82, 2.24) is 52.5 Å². The summed E-state index contributed by atoms with van der Waals surface area (Å²) in [5, 5.41) is 22.3. The van der Waals surface area contributed by atoms with Gasteiger partial charge in [-0.25, -0.2) is 4.98 Å². The normalized spacial score (nSPS) is 20.2. The van der Waals surface area contributed by atoms with Crippen LogP contribution >= 0.6 is 0 Å². The second-order valence-corrected chi connectivity index (χ2v) is 12.4. The third kappa shape index (κ3) is 13.4. The average molecular weight is 733 g/mol. The van der Waals surface area contributed by atoms with Crippen molar-refractivity contribution in [2.45, 2.75) is 57.2 Å². The van der Waals surface area contributed by atoms with Crippen LogP contribution in [0.5, 0.6) is 0 Å². The quantitative estimate of drug-likeness (QED) is 0.125. The third-order valence-corrected chi connectivity index (χ3v) is 8.18. The van der Waals surface area contributed by atoms with Gasteiger partial charge in [0, 0.05) is 51.2 Å². The molecule has 18 nitrogen and oxygen atoms in total. The van der Waals surface area contributed by atoms with E-state index in [4.69, 9.17) is 0 Å². The number of H-pyrrole nitrogens is 1. The van der Waals surface area contributed by atoms with Crippen LogP contribution in [0.4, 0.5) is 0 Å². The van der Waals surface area contributed by atoms with Crippen LogP contribution in [0.3, 0.4) is 0 Å². The van der Waals surface area contributed by atoms with E-state index in [-0.39, 0.29) is 45.3 Å². The van der Waals surface area contributed by atoms with Crippen molar-refractivity contribution >= 4 is 58.0 Å². The number of imidazole rings is 1. The maximum Gasteiger partial charge on any atom is 0.243 e. The lowest BCUT2D eigenvalue weighted by atomic mass is 10.0. The SMILES string of the molecule is CC(=O)NCC(=O)N[C@H]1CCC(=O)NCCCNC(=O)CNC(=O)CNC(=O)[C@@H](Cc2ccc3ccccc3c2)NC(=O)[C@H](Cc2cnc[nH]2)NC1=O. The molecule has 1 aliphatic heterocycles. The molecule has 18 heteroatoms. The van der Waals surface area contributed by atoms with Crippen LogP contribution in [-0.2, 0) is 51.2 Å². The van der Waals surface area contributed by atoms with Gasteiger partial charge in [0.2, 0.25) is 47.3 Å². The largest absolute Gasteiger partial charge is 0.356 e. The first-order valence-corrected chi connectivity index (χ1v) is 17.1. The lowest BCUT2D eigenvalue weighted by Crippen LogP contribution is -2.58. The van der Waals surface area contributed by atoms with Gasteiger partial charge in [0.25, 0.3) is 0 Å². The summed E-state index contributed by atoms with van der Waals surface area (Å²) in [4.78, 5) is 110. The molecule has 1 aromatic heterocycles. The number of hydrogen-bond donors (Lipinski definition) is 9. The van der Waals surface area contributed by atoms with Crippen molar-refractivity contribution in [3.05, 3.63) is 66.2 Å². The zero-order valence-electron chi connectivity index (χ0n) is 29.2. The van der Waals surface area contributed by atoms with Crippen molar-refractivity contribution in [3.8, 4) is 0 Å². The van der Waals surface area contributed by atoms with E-state index in [9.17, 15) is 38.4 Å². The monoisotopic (exact) mass is 732 g/mol. The molecule has 0 saturated carbocycles. The number of nitrogens with one attached hydrogen (secondary N) is 9. The first kappa shape index (κ1) is 39.5. The van der Waals surface area contributed by atoms with E-state index in [1.807, 2.05) is 42.5 Å². The van der Waals surface area contributed by atoms with E-state index in [1.54, 1.807) is 0 Å². The second-order valence-electron chi connectivity index (χ2n) is 12.4. The number of rotatable bonds is 7. The maximum atomic E-state index is 14.0. The van der Waals surface area contributed by atoms with E-state index in [2.05, 4.69) is 52.5 Å². The van der Waals surface area contributed by atoms with Gasteiger partial charge in [-0.05, 0) is 29.2 Å². The fraction of sp³-hybridized carbons (Fsp3) is 0.400. The highest BCUT2D eigenvalue weighted by Gasteiger charge is 2.31. The third-order valence-electron chi connectivity index (χ3n) is 8.18. The summed E-state index contributed by atoms with van der Waals surface area (Å²) in [5.41, 5.74) is 1.16. The predicted molar refractivity (Wildman–Crippen MR) is 190 cm³/mol. The summed E-state index contributed by atoms with van der Waals surface area (Å²) < 4.78 is 0. The minimum atomic E-state index is -1.31. The Morgan fingerprint density at radius 3 is 2.19 bits per heavy atom. The van der Waals surface area contributed by atoms with E-state index < -0.39 is 78.5 Å². The average Bonchev–Trinajstić information content (AvgIpc) is 3.65. The van der Waals surface area contributed by atoms with Crippen LogP contribution in [0.25, 0.3) is 10.8 Å². The number of nitrogens with zero attached hydrogens (tertiary/aromatic N) is 1. The first-order valence-electron chi connectivity index (χ1n) is 17.1. The highest BCUT2D eigenvalue weighted by Crippen LogP contribution is 2.17. The number of benzene rings is 2. The molecule has 53 heavy (non-hydrogen) atoms. The molecule has 1 aliphatic rings. The molecule has 3 aromatic rings. The number of carbonyl (C=O) groups is 8. The molecule has 0 aliphatic carbocycles. The van der Waals surface area contributed by atoms with Crippen molar-refractivity contribution in [2.24, 2.45) is 0 Å². The Bertz CT molecular complexity index is 1800. The van der Waals surface area contributed by atoms with Crippen LogP contribution in [-0.4, -0.2) is 108 Å². The number of fused-ring (bicyclic) bond motifs is 1. The van der Waals surface area contributed by atoms with Gasteiger partial charge in [-0.1, -0.05) is 42.5 Å². The molecule has 282 valence electrons. The number of aromatic nitrogens is 2. The van der Waals surface area contributed by atoms with Gasteiger partial charge in [-0.3, -0.25) is 38.4 Å². The van der Waals surface area contributed by atoms with Gasteiger partial charge in [-0.2, -0.15) is 0 Å². The summed E-state index contributed by atoms with van der Waals surface area (Å²) in [5.74, 6) is -5.00. The maximum absolute atomic E-state index is 14.0. The Morgan fingerprint density at radius 1 is 0.774 bits per heavy atom. The molecule has 1 fully saturated rings. The smallest absolute Gasteiger partial charge is 0.243 e. The Labute approximate surface area is 304 Å². The number of amides is 8. The Hall–Kier alpha value is -6.33. The molecule has 9 N–H and O–H groups in total. The minimum absolute atomic E-state index is 0.00803. The molecule has 2 heterocycles. The molecule has 2 aromatic carbocycles. The molecule has 1 saturated heterocycles. The molecule has 0 bridgehead atoms. The molecule has 0 radical (unpaired) electrons. The van der Waals surface area contributed by atoms with E-state index in [0.29, 0.717) is 17.7 Å². The van der Waals surface area contributed by atoms with Crippen LogP contribution in [0.2, 0.25) is 0 Å². The molecule has 4 rings (SSSR count). The van der Waals surface area contributed by atoms with Gasteiger partial charge in [0.05, 0.1) is 26.0 Å². The molecule has 0 spiro atoms. The van der Waals surface area contributed by atoms with E-state index in [0.717, 1.165) is 10.8 Å². The van der Waals surface area contributed by atoms with Crippen molar-refractivity contribution in [3.63, 3.8) is 0 Å². The topological polar surface area (TPSA) is 261 Å². The Morgan fingerprint density at radius 2 is 1.45 bits per heavy atom. The lowest BCUT2D eigenvalue weighted by molar-refractivity contribution is -0.134. The van der Waals surface area contributed by atoms with Gasteiger partial charge in [-0.15, -0.1) is 0 Å². The summed E-state index contributed by atoms with van der Waals surface area (Å²) in [6, 6.07) is 9.32. The second kappa shape index (κ2) is 19.9. The molecular formula is C35H44N10O8. The number of aromatic amines is 1. The molecular weight excluding hydrogens is 688 g/mol. The summed E-state index contributed by atoms with van der Waals surface area (Å²) >= 11 is 0. The van der Waals surface area contributed by atoms with Gasteiger partial charge in [0.1, 0.15) is 18.1 Å². The number of hydrogen-bond acceptors (Lipinski definition) is 9. The lowest BCUT2D eigenvalue weighted by Gasteiger charge is -2.25. The fourth-order valence-corrected chi connectivity index (χ4v) is 5.40. The van der Waals surface area contributed by atoms with Gasteiger partial charge >= 0.3 is 0 Å². The molecule has 0 unspecified atom stereocenters. The van der Waals surface area contributed by atoms with Crippen molar-refractivity contribution < 1.29 is 38.4 Å². The fourth-order valence-electron chi connectivity index (χ4n) is 5.40. The van der Waals surface area contributed by atoms with Crippen LogP contribution in [0, 0.1) is 0 Å². The van der Waals surface area contributed by atoms with Crippen LogP contribution < -0.4 is 42.5 Å². The van der Waals surface area contributed by atoms with Crippen LogP contribution in [0.15, 0.2) is 55.0 Å². The van der Waals surface area contributed by atoms with E-state index in [1.165, 1.54) is 19.4 Å². The number of carbonyl (C=O) groups excluding carboxylic acids is 8. The molecule has 8 amide bonds. The Balaban J connectivity index is 1.62. The zero-order chi connectivity index (χ0) is 38.2. The Kier molecular flexibility index (Phi) is 14.8. The highest BCUT2D eigenvalue weighted by molar-refractivity contribution is 5.96. The van der Waals surface area contributed by atoms with Gasteiger partial charge < -0.3 is 47.5 Å². The van der Waals surface area contributed by atoms with E-state index >= 15 is 0 Å². The first-order chi connectivity index (χ1) is 25.5. The van der Waals surface area contributed by atoms with Gasteiger partial charge in [0.15, 0.2) is 0 Å². The molecule has 3 atom stereocenters. The summed E-state index contributed by atoms with van der Waals surface area (Å²) in [6.07, 6.45) is 2.76. The summed E-state index contributed by atoms with van der Waals surface area (Å²) in [6.45, 7) is 0.345. The minimum Gasteiger partial charge on any atom is -0.356 e. The highest BCUT2D eigenvalue weighted by atomic mass is 16.2. The van der Waals surface area contributed by atoms with Crippen molar-refractivity contribution in [2.75, 3.05) is 32.7 Å². The van der Waals surface area contributed by atoms with Crippen LogP contribution in [0.1, 0.15) is 37.4 Å². The van der Waals surface area contributed by atoms with Crippen molar-refractivity contribution in [1.29, 1.82) is 0 Å². The standard InChI is InChI=1S/C35H44N10O8/c1-21(46)39-19-32(50)43-26-9-10-29(47)37-11-4-12-38-30(48)17-40-31(49)18-41-33(51)27(14-22-7-8-23-5-2-3-6-24(23)13-22)44-35(53)28(45-34(26)52)15-25-16-36-20-42-25/h2-3,5-8,13,16,20,26-28H,4,9-12,14-15,17-19H2,1H3,(H,36,42)(H,37,47)(H,38,48)(H,39,46)(H,40,49)(H,41,51)(H,43,50)(H,44,53)(H,45,52)/t26-,27+,28-/m0/s1. The zero-order valence-corrected chi connectivity index (χ0v) is 29.2. The summed E-state index contributed by atoms with van der Waals surface area (Å²) in [7, 11) is 0. The predicted octanol–water partition coefficient (Wildman–Crippen LogP) is -2.41.